The number of nitrogens with zero attached hydrogens (tertiary/aromatic N) is 1. The molecule has 4 N–H and O–H groups in total. The molecule has 3 unspecified atom stereocenters. The topological polar surface area (TPSA) is 236 Å². The van der Waals surface area contributed by atoms with Crippen molar-refractivity contribution in [3.05, 3.63) is 51.6 Å². The van der Waals surface area contributed by atoms with Crippen LogP contribution in [0.4, 0.5) is 0 Å². The largest absolute Gasteiger partial charge is 0.507 e. The van der Waals surface area contributed by atoms with Crippen LogP contribution >= 0.6 is 0 Å². The lowest BCUT2D eigenvalue weighted by molar-refractivity contribution is -0.256. The molecule has 4 fully saturated rings. The molecule has 326 valence electrons. The molecule has 2 aromatic carbocycles. The second kappa shape index (κ2) is 17.0. The molecule has 60 heavy (non-hydrogen) atoms. The Morgan fingerprint density at radius 1 is 1.02 bits per heavy atom. The molecular weight excluding hydrogens is 790 g/mol. The molecule has 0 bridgehead atoms. The van der Waals surface area contributed by atoms with Gasteiger partial charge < -0.3 is 63.1 Å². The standard InChI is InChI=1S/C42H51NO17/c1-5-24(40(49)50)55-17-20-8-6-11-28(58-20)56-18-27(44)42(51)15-22-31(37(48)33-32(35(22)46)34(45)21-9-7-10-25(52-3)30(21)36(33)47)26(16-42)59-29-14-23-38(19(2)57-29)60-39-41(53-4)54-13-12-43(23)39/h7,9-10,19-20,23-24,26,28-29,38-39,41,46,48,51H,5-6,8,11-18H2,1-4H3,(H,49,50)/t19-,20?,23-,24?,26-,28?,29-,38+,39+,41-,42-/m0/s1. The number of aliphatic hydroxyl groups is 1. The Kier molecular flexibility index (Phi) is 12.1. The zero-order valence-electron chi connectivity index (χ0n) is 33.8. The van der Waals surface area contributed by atoms with Crippen molar-refractivity contribution in [2.45, 2.75) is 126 Å². The van der Waals surface area contributed by atoms with Gasteiger partial charge in [-0.25, -0.2) is 4.79 Å². The predicted octanol–water partition coefficient (Wildman–Crippen LogP) is 2.51. The number of carboxylic acids is 1. The van der Waals surface area contributed by atoms with Crippen molar-refractivity contribution < 1.29 is 82.2 Å². The monoisotopic (exact) mass is 841 g/mol. The number of ketones is 3. The molecule has 0 radical (unpaired) electrons. The lowest BCUT2D eigenvalue weighted by Gasteiger charge is -2.43. The highest BCUT2D eigenvalue weighted by Gasteiger charge is 2.55. The number of morpholine rings is 1. The normalized spacial score (nSPS) is 32.9. The average molecular weight is 842 g/mol. The van der Waals surface area contributed by atoms with Crippen LogP contribution in [-0.2, 0) is 53.9 Å². The second-order valence-electron chi connectivity index (χ2n) is 16.1. The van der Waals surface area contributed by atoms with Gasteiger partial charge in [-0.1, -0.05) is 19.1 Å². The van der Waals surface area contributed by atoms with Crippen LogP contribution in [-0.4, -0.2) is 150 Å². The summed E-state index contributed by atoms with van der Waals surface area (Å²) in [5.74, 6) is -4.61. The number of rotatable bonds is 13. The molecule has 6 aliphatic rings. The molecule has 0 spiro atoms. The third kappa shape index (κ3) is 7.50. The van der Waals surface area contributed by atoms with Crippen molar-refractivity contribution in [3.63, 3.8) is 0 Å². The van der Waals surface area contributed by atoms with Crippen LogP contribution in [0.15, 0.2) is 18.2 Å². The number of Topliss-reactive ketones (excluding diaryl/α,β-unsaturated/α-hetero) is 1. The maximum Gasteiger partial charge on any atom is 0.332 e. The van der Waals surface area contributed by atoms with E-state index in [-0.39, 0.29) is 59.6 Å². The Bertz CT molecular complexity index is 2020. The van der Waals surface area contributed by atoms with Crippen LogP contribution in [0.25, 0.3) is 0 Å². The summed E-state index contributed by atoms with van der Waals surface area (Å²) in [6, 6.07) is 4.23. The van der Waals surface area contributed by atoms with Crippen molar-refractivity contribution >= 4 is 23.3 Å². The number of phenols is 2. The third-order valence-corrected chi connectivity index (χ3v) is 12.5. The summed E-state index contributed by atoms with van der Waals surface area (Å²) in [6.45, 7) is 3.87. The first kappa shape index (κ1) is 42.6. The Balaban J connectivity index is 1.09. The van der Waals surface area contributed by atoms with Gasteiger partial charge in [0.05, 0.1) is 55.3 Å². The van der Waals surface area contributed by atoms with E-state index in [0.717, 1.165) is 0 Å². The van der Waals surface area contributed by atoms with Crippen molar-refractivity contribution in [1.82, 2.24) is 4.90 Å². The van der Waals surface area contributed by atoms with Gasteiger partial charge in [0.25, 0.3) is 0 Å². The highest BCUT2D eigenvalue weighted by molar-refractivity contribution is 6.31. The summed E-state index contributed by atoms with van der Waals surface area (Å²) in [5.41, 5.74) is -3.55. The molecule has 18 nitrogen and oxygen atoms in total. The van der Waals surface area contributed by atoms with E-state index in [0.29, 0.717) is 32.4 Å². The van der Waals surface area contributed by atoms with Crippen molar-refractivity contribution in [3.8, 4) is 17.2 Å². The summed E-state index contributed by atoms with van der Waals surface area (Å²) in [4.78, 5) is 55.9. The van der Waals surface area contributed by atoms with Crippen molar-refractivity contribution in [2.24, 2.45) is 0 Å². The number of fused-ring (bicyclic) bond motifs is 6. The van der Waals surface area contributed by atoms with E-state index in [1.165, 1.54) is 32.4 Å². The minimum absolute atomic E-state index is 0.0126. The third-order valence-electron chi connectivity index (χ3n) is 12.5. The Morgan fingerprint density at radius 2 is 1.80 bits per heavy atom. The van der Waals surface area contributed by atoms with Crippen LogP contribution in [0.5, 0.6) is 17.2 Å². The number of ether oxygens (including phenoxy) is 9. The molecule has 2 aromatic rings. The summed E-state index contributed by atoms with van der Waals surface area (Å²) in [5, 5.41) is 45.7. The lowest BCUT2D eigenvalue weighted by Crippen LogP contribution is -2.55. The van der Waals surface area contributed by atoms with Crippen LogP contribution < -0.4 is 4.74 Å². The highest BCUT2D eigenvalue weighted by atomic mass is 16.7. The van der Waals surface area contributed by atoms with E-state index in [1.54, 1.807) is 6.92 Å². The van der Waals surface area contributed by atoms with Gasteiger partial charge in [-0.3, -0.25) is 19.3 Å². The van der Waals surface area contributed by atoms with Gasteiger partial charge in [0.15, 0.2) is 42.8 Å². The fourth-order valence-corrected chi connectivity index (χ4v) is 9.54. The summed E-state index contributed by atoms with van der Waals surface area (Å²) < 4.78 is 53.3. The Labute approximate surface area is 345 Å². The number of carbonyl (C=O) groups excluding carboxylic acids is 3. The molecule has 4 aliphatic heterocycles. The first-order valence-corrected chi connectivity index (χ1v) is 20.4. The van der Waals surface area contributed by atoms with Gasteiger partial charge in [0.1, 0.15) is 35.6 Å². The lowest BCUT2D eigenvalue weighted by atomic mass is 9.72. The molecule has 0 saturated carbocycles. The van der Waals surface area contributed by atoms with Gasteiger partial charge in [0, 0.05) is 55.6 Å². The van der Waals surface area contributed by atoms with E-state index in [9.17, 15) is 39.6 Å². The first-order valence-electron chi connectivity index (χ1n) is 20.4. The van der Waals surface area contributed by atoms with E-state index < -0.39 is 121 Å². The number of aliphatic carboxylic acids is 1. The summed E-state index contributed by atoms with van der Waals surface area (Å²) in [7, 11) is 2.88. The zero-order valence-corrected chi connectivity index (χ0v) is 33.8. The molecule has 0 aromatic heterocycles. The van der Waals surface area contributed by atoms with E-state index in [4.69, 9.17) is 42.6 Å². The second-order valence-corrected chi connectivity index (χ2v) is 16.1. The molecular formula is C42H51NO17. The summed E-state index contributed by atoms with van der Waals surface area (Å²) in [6.07, 6.45) is -5.48. The number of carboxylic acid groups (broad SMARTS) is 1. The predicted molar refractivity (Wildman–Crippen MR) is 203 cm³/mol. The number of aromatic hydroxyl groups is 2. The number of carbonyl (C=O) groups is 4. The number of phenolic OH excluding ortho intramolecular Hbond substituents is 2. The molecule has 8 rings (SSSR count). The minimum atomic E-state index is -2.27. The Morgan fingerprint density at radius 3 is 2.53 bits per heavy atom. The quantitative estimate of drug-likeness (QED) is 0.181. The van der Waals surface area contributed by atoms with Gasteiger partial charge in [-0.2, -0.15) is 0 Å². The van der Waals surface area contributed by atoms with Crippen molar-refractivity contribution in [2.75, 3.05) is 40.6 Å². The van der Waals surface area contributed by atoms with Gasteiger partial charge in [0.2, 0.25) is 5.78 Å². The summed E-state index contributed by atoms with van der Waals surface area (Å²) >= 11 is 0. The zero-order chi connectivity index (χ0) is 42.6. The fraction of sp³-hybridized carbons (Fsp3) is 0.619. The number of hydrogen-bond acceptors (Lipinski definition) is 17. The van der Waals surface area contributed by atoms with Gasteiger partial charge >= 0.3 is 5.97 Å². The van der Waals surface area contributed by atoms with Gasteiger partial charge in [-0.15, -0.1) is 0 Å². The molecule has 4 saturated heterocycles. The number of benzene rings is 2. The van der Waals surface area contributed by atoms with Crippen molar-refractivity contribution in [1.29, 1.82) is 0 Å². The van der Waals surface area contributed by atoms with Crippen LogP contribution in [0.3, 0.4) is 0 Å². The maximum absolute atomic E-state index is 14.2. The van der Waals surface area contributed by atoms with E-state index >= 15 is 0 Å². The highest BCUT2D eigenvalue weighted by Crippen LogP contribution is 2.53. The fourth-order valence-electron chi connectivity index (χ4n) is 9.54. The minimum Gasteiger partial charge on any atom is -0.507 e. The smallest absolute Gasteiger partial charge is 0.332 e. The number of methoxy groups -OCH3 is 2. The molecule has 4 heterocycles. The Hall–Kier alpha value is -4.08. The molecule has 11 atom stereocenters. The average Bonchev–Trinajstić information content (AvgIpc) is 3.62. The first-order chi connectivity index (χ1) is 28.8. The van der Waals surface area contributed by atoms with Gasteiger partial charge in [-0.05, 0) is 38.7 Å². The molecule has 0 amide bonds. The van der Waals surface area contributed by atoms with E-state index in [1.807, 2.05) is 6.92 Å². The van der Waals surface area contributed by atoms with Crippen LogP contribution in [0, 0.1) is 0 Å². The number of hydrogen-bond donors (Lipinski definition) is 4. The molecule has 18 heteroatoms. The van der Waals surface area contributed by atoms with E-state index in [2.05, 4.69) is 4.90 Å². The SMILES string of the molecule is CCC(OCC1CCCC(OCC(=O)[C@]2(O)Cc3c(O)c4c(c(O)c3[C@@H](O[C@H]3C[C@H]5[C@H](O[C@@H]6[C@@H](OC)OCCN65)[C@H](C)O3)C2)C(=O)c2c(OC)cccc2C4=O)O1)C(=O)O. The maximum atomic E-state index is 14.2. The molecule has 2 aliphatic carbocycles. The van der Waals surface area contributed by atoms with Crippen LogP contribution in [0.2, 0.25) is 0 Å². The van der Waals surface area contributed by atoms with Crippen LogP contribution in [0.1, 0.15) is 101 Å².